The second kappa shape index (κ2) is 8.83. The van der Waals surface area contributed by atoms with Gasteiger partial charge in [-0.05, 0) is 18.1 Å². The SMILES string of the molecule is CC[C@@H](c1ccccc1C(F)(F)F)N1CCNCC1.Cl.Cl. The maximum Gasteiger partial charge on any atom is 0.416 e. The van der Waals surface area contributed by atoms with E-state index < -0.39 is 11.7 Å². The van der Waals surface area contributed by atoms with E-state index in [0.29, 0.717) is 12.0 Å². The first-order valence-electron chi connectivity index (χ1n) is 6.65. The molecule has 2 rings (SSSR count). The highest BCUT2D eigenvalue weighted by molar-refractivity contribution is 5.85. The van der Waals surface area contributed by atoms with Crippen molar-refractivity contribution in [1.82, 2.24) is 10.2 Å². The average molecular weight is 345 g/mol. The summed E-state index contributed by atoms with van der Waals surface area (Å²) in [7, 11) is 0. The van der Waals surface area contributed by atoms with Crippen LogP contribution in [0.15, 0.2) is 24.3 Å². The van der Waals surface area contributed by atoms with Crippen LogP contribution in [0.1, 0.15) is 30.5 Å². The predicted octanol–water partition coefficient (Wildman–Crippen LogP) is 3.91. The van der Waals surface area contributed by atoms with Crippen LogP contribution in [-0.4, -0.2) is 31.1 Å². The number of hydrogen-bond acceptors (Lipinski definition) is 2. The fourth-order valence-electron chi connectivity index (χ4n) is 2.71. The Morgan fingerprint density at radius 1 is 1.14 bits per heavy atom. The van der Waals surface area contributed by atoms with Gasteiger partial charge < -0.3 is 5.32 Å². The largest absolute Gasteiger partial charge is 0.416 e. The van der Waals surface area contributed by atoms with Gasteiger partial charge >= 0.3 is 6.18 Å². The molecule has 0 unspecified atom stereocenters. The lowest BCUT2D eigenvalue weighted by atomic mass is 9.96. The van der Waals surface area contributed by atoms with Crippen molar-refractivity contribution in [1.29, 1.82) is 0 Å². The van der Waals surface area contributed by atoms with E-state index in [0.717, 1.165) is 26.2 Å². The van der Waals surface area contributed by atoms with Crippen LogP contribution in [0.5, 0.6) is 0 Å². The fraction of sp³-hybridized carbons (Fsp3) is 0.571. The maximum absolute atomic E-state index is 13.1. The highest BCUT2D eigenvalue weighted by atomic mass is 35.5. The third-order valence-corrected chi connectivity index (χ3v) is 3.60. The molecule has 1 aliphatic heterocycles. The van der Waals surface area contributed by atoms with Crippen molar-refractivity contribution in [2.24, 2.45) is 0 Å². The number of halogens is 5. The standard InChI is InChI=1S/C14H19F3N2.2ClH/c1-2-13(19-9-7-18-8-10-19)11-5-3-4-6-12(11)14(15,16)17;;/h3-6,13,18H,2,7-10H2,1H3;2*1H/t13-;;/m0../s1. The van der Waals surface area contributed by atoms with E-state index in [4.69, 9.17) is 0 Å². The van der Waals surface area contributed by atoms with Gasteiger partial charge in [0, 0.05) is 32.2 Å². The summed E-state index contributed by atoms with van der Waals surface area (Å²) >= 11 is 0. The molecule has 2 nitrogen and oxygen atoms in total. The summed E-state index contributed by atoms with van der Waals surface area (Å²) in [5, 5.41) is 3.23. The normalized spacial score (nSPS) is 17.5. The molecule has 1 fully saturated rings. The van der Waals surface area contributed by atoms with Gasteiger partial charge in [-0.25, -0.2) is 0 Å². The van der Waals surface area contributed by atoms with Crippen molar-refractivity contribution in [3.63, 3.8) is 0 Å². The predicted molar refractivity (Wildman–Crippen MR) is 83.4 cm³/mol. The van der Waals surface area contributed by atoms with Crippen LogP contribution in [-0.2, 0) is 6.18 Å². The van der Waals surface area contributed by atoms with Gasteiger partial charge in [0.15, 0.2) is 0 Å². The van der Waals surface area contributed by atoms with Crippen LogP contribution in [0.3, 0.4) is 0 Å². The Kier molecular flexibility index (Phi) is 8.63. The molecule has 1 aromatic carbocycles. The van der Waals surface area contributed by atoms with E-state index in [1.165, 1.54) is 12.1 Å². The van der Waals surface area contributed by atoms with E-state index in [9.17, 15) is 13.2 Å². The Balaban J connectivity index is 0.00000200. The summed E-state index contributed by atoms with van der Waals surface area (Å²) in [6.07, 6.45) is -3.59. The van der Waals surface area contributed by atoms with Gasteiger partial charge in [-0.15, -0.1) is 24.8 Å². The molecule has 1 N–H and O–H groups in total. The summed E-state index contributed by atoms with van der Waals surface area (Å²) in [6.45, 7) is 5.21. The Morgan fingerprint density at radius 3 is 2.24 bits per heavy atom. The number of nitrogens with zero attached hydrogens (tertiary/aromatic N) is 1. The van der Waals surface area contributed by atoms with Gasteiger partial charge in [-0.3, -0.25) is 4.90 Å². The van der Waals surface area contributed by atoms with Crippen molar-refractivity contribution in [2.75, 3.05) is 26.2 Å². The average Bonchev–Trinajstić information content (AvgIpc) is 2.40. The molecule has 0 aliphatic carbocycles. The molecular formula is C14H21Cl2F3N2. The zero-order chi connectivity index (χ0) is 13.9. The van der Waals surface area contributed by atoms with Crippen LogP contribution in [0.2, 0.25) is 0 Å². The van der Waals surface area contributed by atoms with Gasteiger partial charge in [-0.1, -0.05) is 25.1 Å². The molecule has 0 bridgehead atoms. The second-order valence-electron chi connectivity index (χ2n) is 4.80. The van der Waals surface area contributed by atoms with Crippen molar-refractivity contribution in [2.45, 2.75) is 25.6 Å². The molecule has 1 saturated heterocycles. The van der Waals surface area contributed by atoms with Gasteiger partial charge in [0.05, 0.1) is 5.56 Å². The molecule has 21 heavy (non-hydrogen) atoms. The number of benzene rings is 1. The third kappa shape index (κ3) is 5.02. The first-order chi connectivity index (χ1) is 9.04. The number of nitrogens with one attached hydrogen (secondary N) is 1. The number of piperazine rings is 1. The van der Waals surface area contributed by atoms with E-state index in [-0.39, 0.29) is 30.9 Å². The zero-order valence-electron chi connectivity index (χ0n) is 11.8. The molecule has 1 aliphatic rings. The van der Waals surface area contributed by atoms with Gasteiger partial charge in [0.2, 0.25) is 0 Å². The molecule has 0 saturated carbocycles. The van der Waals surface area contributed by atoms with Crippen LogP contribution in [0.25, 0.3) is 0 Å². The minimum atomic E-state index is -4.28. The van der Waals surface area contributed by atoms with Crippen molar-refractivity contribution in [3.8, 4) is 0 Å². The van der Waals surface area contributed by atoms with E-state index in [1.54, 1.807) is 12.1 Å². The highest BCUT2D eigenvalue weighted by Gasteiger charge is 2.35. The van der Waals surface area contributed by atoms with Crippen molar-refractivity contribution >= 4 is 24.8 Å². The summed E-state index contributed by atoms with van der Waals surface area (Å²) in [5.74, 6) is 0. The van der Waals surface area contributed by atoms with Gasteiger partial charge in [-0.2, -0.15) is 13.2 Å². The Bertz CT molecular complexity index is 421. The summed E-state index contributed by atoms with van der Waals surface area (Å²) in [4.78, 5) is 2.14. The number of hydrogen-bond donors (Lipinski definition) is 1. The molecular weight excluding hydrogens is 324 g/mol. The molecule has 1 atom stereocenters. The summed E-state index contributed by atoms with van der Waals surface area (Å²) in [6, 6.07) is 5.78. The number of rotatable bonds is 3. The fourth-order valence-corrected chi connectivity index (χ4v) is 2.71. The molecule has 122 valence electrons. The van der Waals surface area contributed by atoms with Crippen LogP contribution >= 0.6 is 24.8 Å². The van der Waals surface area contributed by atoms with Crippen molar-refractivity contribution < 1.29 is 13.2 Å². The summed E-state index contributed by atoms with van der Waals surface area (Å²) in [5.41, 5.74) is -0.0974. The quantitative estimate of drug-likeness (QED) is 0.894. The Labute approximate surface area is 135 Å². The van der Waals surface area contributed by atoms with Crippen LogP contribution < -0.4 is 5.32 Å². The lowest BCUT2D eigenvalue weighted by molar-refractivity contribution is -0.138. The monoisotopic (exact) mass is 344 g/mol. The number of alkyl halides is 3. The lowest BCUT2D eigenvalue weighted by Crippen LogP contribution is -2.45. The molecule has 0 amide bonds. The highest BCUT2D eigenvalue weighted by Crippen LogP contribution is 2.37. The maximum atomic E-state index is 13.1. The smallest absolute Gasteiger partial charge is 0.314 e. The first-order valence-corrected chi connectivity index (χ1v) is 6.65. The molecule has 1 heterocycles. The zero-order valence-corrected chi connectivity index (χ0v) is 13.5. The molecule has 0 aromatic heterocycles. The summed E-state index contributed by atoms with van der Waals surface area (Å²) < 4.78 is 39.2. The topological polar surface area (TPSA) is 15.3 Å². The van der Waals surface area contributed by atoms with E-state index >= 15 is 0 Å². The van der Waals surface area contributed by atoms with Crippen LogP contribution in [0, 0.1) is 0 Å². The minimum Gasteiger partial charge on any atom is -0.314 e. The van der Waals surface area contributed by atoms with Gasteiger partial charge in [0.1, 0.15) is 0 Å². The minimum absolute atomic E-state index is 0. The molecule has 1 aromatic rings. The molecule has 7 heteroatoms. The molecule has 0 radical (unpaired) electrons. The van der Waals surface area contributed by atoms with E-state index in [1.807, 2.05) is 6.92 Å². The first kappa shape index (κ1) is 20.5. The van der Waals surface area contributed by atoms with Gasteiger partial charge in [0.25, 0.3) is 0 Å². The van der Waals surface area contributed by atoms with Crippen LogP contribution in [0.4, 0.5) is 13.2 Å². The molecule has 0 spiro atoms. The Hall–Kier alpha value is -0.490. The Morgan fingerprint density at radius 2 is 1.71 bits per heavy atom. The third-order valence-electron chi connectivity index (χ3n) is 3.60. The lowest BCUT2D eigenvalue weighted by Gasteiger charge is -2.35. The second-order valence-corrected chi connectivity index (χ2v) is 4.80. The van der Waals surface area contributed by atoms with Crippen molar-refractivity contribution in [3.05, 3.63) is 35.4 Å². The van der Waals surface area contributed by atoms with E-state index in [2.05, 4.69) is 10.2 Å².